The minimum atomic E-state index is -0.378. The number of rotatable bonds is 6. The normalized spacial score (nSPS) is 14.9. The summed E-state index contributed by atoms with van der Waals surface area (Å²) < 4.78 is 19.1. The Labute approximate surface area is 260 Å². The van der Waals surface area contributed by atoms with E-state index in [2.05, 4.69) is 16.3 Å². The number of nitrogens with zero attached hydrogens (tertiary/aromatic N) is 5. The second-order valence-corrected chi connectivity index (χ2v) is 10.8. The van der Waals surface area contributed by atoms with E-state index >= 15 is 0 Å². The zero-order chi connectivity index (χ0) is 30.4. The van der Waals surface area contributed by atoms with Gasteiger partial charge in [0.25, 0.3) is 0 Å². The van der Waals surface area contributed by atoms with Crippen LogP contribution in [0.15, 0.2) is 101 Å². The van der Waals surface area contributed by atoms with Gasteiger partial charge in [-0.15, -0.1) is 0 Å². The van der Waals surface area contributed by atoms with Gasteiger partial charge in [-0.05, 0) is 67.1 Å². The molecule has 1 N–H and O–H groups in total. The summed E-state index contributed by atoms with van der Waals surface area (Å²) in [7, 11) is 4.84. The summed E-state index contributed by atoms with van der Waals surface area (Å²) >= 11 is 6.36. The van der Waals surface area contributed by atoms with Crippen molar-refractivity contribution in [2.45, 2.75) is 13.0 Å². The standard InChI is InChI=1S/C34H29ClN6O3/c1-20-29-30(21-17-27(42-2)31(44-4)28(18-21)43-3)40-26-16-9-8-15-25(26)37-32(36-23-12-10-11-22(35)19-23)34(40)38-33(29)41(39-20)24-13-6-5-7-14-24/h5-19,30H,1-4H3,(H,36,37). The first-order chi connectivity index (χ1) is 21.5. The van der Waals surface area contributed by atoms with Crippen LogP contribution in [0.1, 0.15) is 22.9 Å². The van der Waals surface area contributed by atoms with Crippen LogP contribution in [0.4, 0.5) is 22.9 Å². The van der Waals surface area contributed by atoms with Gasteiger partial charge in [-0.1, -0.05) is 48.0 Å². The van der Waals surface area contributed by atoms with Gasteiger partial charge in [-0.2, -0.15) is 5.10 Å². The number of ether oxygens (including phenoxy) is 3. The second-order valence-electron chi connectivity index (χ2n) is 10.3. The number of halogens is 1. The molecule has 2 aliphatic heterocycles. The van der Waals surface area contributed by atoms with E-state index in [1.807, 2.05) is 96.5 Å². The van der Waals surface area contributed by atoms with Gasteiger partial charge >= 0.3 is 0 Å². The SMILES string of the molecule is COc1cc(C2c3c(C)nn(-c4ccccc4)c3N=C3C(Nc4cccc(Cl)c4)=Nc4ccccc4N32)cc(OC)c1OC. The summed E-state index contributed by atoms with van der Waals surface area (Å²) in [5.74, 6) is 3.54. The quantitative estimate of drug-likeness (QED) is 0.214. The smallest absolute Gasteiger partial charge is 0.203 e. The van der Waals surface area contributed by atoms with Crippen LogP contribution in [0.2, 0.25) is 5.02 Å². The first kappa shape index (κ1) is 27.5. The van der Waals surface area contributed by atoms with E-state index < -0.39 is 0 Å². The molecule has 1 atom stereocenters. The molecule has 2 aliphatic rings. The fourth-order valence-corrected chi connectivity index (χ4v) is 6.01. The highest BCUT2D eigenvalue weighted by molar-refractivity contribution is 6.51. The van der Waals surface area contributed by atoms with Gasteiger partial charge in [0.1, 0.15) is 0 Å². The number of benzene rings is 4. The maximum atomic E-state index is 6.36. The third kappa shape index (κ3) is 4.53. The maximum Gasteiger partial charge on any atom is 0.203 e. The Bertz CT molecular complexity index is 1930. The third-order valence-electron chi connectivity index (χ3n) is 7.73. The molecule has 3 heterocycles. The molecule has 7 rings (SSSR count). The summed E-state index contributed by atoms with van der Waals surface area (Å²) in [5.41, 5.74) is 6.09. The lowest BCUT2D eigenvalue weighted by atomic mass is 9.92. The van der Waals surface area contributed by atoms with Crippen LogP contribution < -0.4 is 24.4 Å². The molecule has 0 spiro atoms. The minimum absolute atomic E-state index is 0.378. The Balaban J connectivity index is 1.52. The van der Waals surface area contributed by atoms with Crippen molar-refractivity contribution in [3.8, 4) is 22.9 Å². The van der Waals surface area contributed by atoms with Crippen molar-refractivity contribution < 1.29 is 14.2 Å². The number of fused-ring (bicyclic) bond motifs is 4. The lowest BCUT2D eigenvalue weighted by molar-refractivity contribution is 0.323. The summed E-state index contributed by atoms with van der Waals surface area (Å²) in [6.45, 7) is 2.01. The number of amidine groups is 2. The molecule has 0 bridgehead atoms. The summed E-state index contributed by atoms with van der Waals surface area (Å²) in [4.78, 5) is 12.5. The average molecular weight is 605 g/mol. The van der Waals surface area contributed by atoms with Gasteiger partial charge in [0.2, 0.25) is 5.75 Å². The van der Waals surface area contributed by atoms with Crippen LogP contribution in [0, 0.1) is 6.92 Å². The molecule has 1 unspecified atom stereocenters. The number of para-hydroxylation sites is 3. The molecule has 0 radical (unpaired) electrons. The highest BCUT2D eigenvalue weighted by atomic mass is 35.5. The van der Waals surface area contributed by atoms with Crippen LogP contribution in [0.3, 0.4) is 0 Å². The molecule has 0 fully saturated rings. The largest absolute Gasteiger partial charge is 0.493 e. The molecule has 0 saturated carbocycles. The number of aliphatic imine (C=N–C) groups is 2. The average Bonchev–Trinajstić information content (AvgIpc) is 3.39. The predicted molar refractivity (Wildman–Crippen MR) is 174 cm³/mol. The topological polar surface area (TPSA) is 85.5 Å². The fourth-order valence-electron chi connectivity index (χ4n) is 5.82. The Kier molecular flexibility index (Phi) is 6.94. The fraction of sp³-hybridized carbons (Fsp3) is 0.147. The molecular formula is C34H29ClN6O3. The molecule has 9 nitrogen and oxygen atoms in total. The first-order valence-electron chi connectivity index (χ1n) is 14.0. The van der Waals surface area contributed by atoms with Crippen molar-refractivity contribution in [3.05, 3.63) is 113 Å². The van der Waals surface area contributed by atoms with Crippen molar-refractivity contribution >= 4 is 46.2 Å². The Morgan fingerprint density at radius 3 is 2.23 bits per heavy atom. The van der Waals surface area contributed by atoms with E-state index in [-0.39, 0.29) is 6.04 Å². The van der Waals surface area contributed by atoms with Gasteiger partial charge in [-0.3, -0.25) is 0 Å². The summed E-state index contributed by atoms with van der Waals surface area (Å²) in [6.07, 6.45) is 0. The second kappa shape index (κ2) is 11.1. The lowest BCUT2D eigenvalue weighted by Crippen LogP contribution is -2.46. The van der Waals surface area contributed by atoms with Crippen molar-refractivity contribution in [3.63, 3.8) is 0 Å². The molecule has 0 saturated heterocycles. The third-order valence-corrected chi connectivity index (χ3v) is 7.96. The molecule has 1 aromatic heterocycles. The van der Waals surface area contributed by atoms with E-state index in [0.29, 0.717) is 39.8 Å². The van der Waals surface area contributed by atoms with E-state index in [4.69, 9.17) is 40.9 Å². The van der Waals surface area contributed by atoms with E-state index in [0.717, 1.165) is 39.6 Å². The van der Waals surface area contributed by atoms with E-state index in [1.165, 1.54) is 0 Å². The van der Waals surface area contributed by atoms with Crippen LogP contribution in [-0.4, -0.2) is 42.8 Å². The number of anilines is 2. The Morgan fingerprint density at radius 2 is 1.52 bits per heavy atom. The predicted octanol–water partition coefficient (Wildman–Crippen LogP) is 7.66. The van der Waals surface area contributed by atoms with Crippen molar-refractivity contribution in [2.24, 2.45) is 9.98 Å². The lowest BCUT2D eigenvalue weighted by Gasteiger charge is -2.40. The van der Waals surface area contributed by atoms with E-state index in [9.17, 15) is 0 Å². The van der Waals surface area contributed by atoms with Gasteiger partial charge in [0, 0.05) is 16.3 Å². The Morgan fingerprint density at radius 1 is 0.795 bits per heavy atom. The number of methoxy groups -OCH3 is 3. The molecule has 44 heavy (non-hydrogen) atoms. The van der Waals surface area contributed by atoms with Gasteiger partial charge in [0.15, 0.2) is 29.0 Å². The number of aromatic nitrogens is 2. The molecule has 0 aliphatic carbocycles. The van der Waals surface area contributed by atoms with Crippen molar-refractivity contribution in [1.82, 2.24) is 9.78 Å². The molecule has 4 aromatic carbocycles. The van der Waals surface area contributed by atoms with Gasteiger partial charge in [0.05, 0.1) is 50.1 Å². The van der Waals surface area contributed by atoms with Crippen LogP contribution >= 0.6 is 11.6 Å². The van der Waals surface area contributed by atoms with Crippen LogP contribution in [0.25, 0.3) is 5.69 Å². The highest BCUT2D eigenvalue weighted by Crippen LogP contribution is 2.50. The number of aryl methyl sites for hydroxylation is 1. The van der Waals surface area contributed by atoms with Gasteiger partial charge in [-0.25, -0.2) is 14.7 Å². The molecule has 0 amide bonds. The first-order valence-corrected chi connectivity index (χ1v) is 14.4. The molecule has 5 aromatic rings. The molecular weight excluding hydrogens is 576 g/mol. The van der Waals surface area contributed by atoms with Crippen molar-refractivity contribution in [1.29, 1.82) is 0 Å². The van der Waals surface area contributed by atoms with Crippen LogP contribution in [0.5, 0.6) is 17.2 Å². The minimum Gasteiger partial charge on any atom is -0.493 e. The van der Waals surface area contributed by atoms with Crippen LogP contribution in [-0.2, 0) is 0 Å². The number of nitrogens with one attached hydrogen (secondary N) is 1. The number of hydrogen-bond donors (Lipinski definition) is 1. The zero-order valence-corrected chi connectivity index (χ0v) is 25.3. The molecule has 10 heteroatoms. The number of hydrogen-bond acceptors (Lipinski definition) is 8. The zero-order valence-electron chi connectivity index (χ0n) is 24.6. The summed E-state index contributed by atoms with van der Waals surface area (Å²) in [5, 5.41) is 9.11. The molecule has 220 valence electrons. The van der Waals surface area contributed by atoms with Crippen molar-refractivity contribution in [2.75, 3.05) is 31.5 Å². The highest BCUT2D eigenvalue weighted by Gasteiger charge is 2.42. The van der Waals surface area contributed by atoms with E-state index in [1.54, 1.807) is 21.3 Å². The summed E-state index contributed by atoms with van der Waals surface area (Å²) in [6, 6.07) is 29.1. The monoisotopic (exact) mass is 604 g/mol. The maximum absolute atomic E-state index is 6.36. The Hall–Kier alpha value is -5.28. The van der Waals surface area contributed by atoms with Gasteiger partial charge < -0.3 is 24.4 Å².